The molecular formula is C40H40Cl2FN5O3. The maximum atomic E-state index is 15.7. The fourth-order valence-corrected chi connectivity index (χ4v) is 6.89. The van der Waals surface area contributed by atoms with E-state index in [-0.39, 0.29) is 13.2 Å². The quantitative estimate of drug-likeness (QED) is 0.126. The van der Waals surface area contributed by atoms with E-state index >= 15 is 4.39 Å². The van der Waals surface area contributed by atoms with E-state index in [2.05, 4.69) is 34.0 Å². The van der Waals surface area contributed by atoms with Crippen LogP contribution < -0.4 is 5.32 Å². The van der Waals surface area contributed by atoms with Crippen LogP contribution in [0.15, 0.2) is 73.2 Å². The molecule has 1 aliphatic heterocycles. The normalized spacial score (nSPS) is 14.2. The molecule has 0 saturated carbocycles. The van der Waals surface area contributed by atoms with E-state index < -0.39 is 17.8 Å². The standard InChI is InChI=1S/C40H40Cl2FN5O3/c1-4-51-40(50)36(23-49)45-19-25-15-29-11-13-44-35(39(29)47-20-25)18-28-8-6-10-32(38(28)42)31-9-5-7-27(37(31)41)16-33(43)34-17-26-12-14-48(24(2)3)22-30(26)21-46-34/h5-11,13,15-17,20-21,24,36,45,49H,4,12,14,18-19,22-23H2,1-3H3/b33-16-/t36-/m1/s1. The summed E-state index contributed by atoms with van der Waals surface area (Å²) in [7, 11) is 0. The van der Waals surface area contributed by atoms with Crippen LogP contribution in [0.5, 0.6) is 0 Å². The zero-order valence-electron chi connectivity index (χ0n) is 28.8. The van der Waals surface area contributed by atoms with Gasteiger partial charge in [-0.2, -0.15) is 0 Å². The maximum absolute atomic E-state index is 15.7. The van der Waals surface area contributed by atoms with E-state index in [9.17, 15) is 9.90 Å². The predicted molar refractivity (Wildman–Crippen MR) is 201 cm³/mol. The molecule has 11 heteroatoms. The van der Waals surface area contributed by atoms with E-state index in [0.717, 1.165) is 63.9 Å². The first-order chi connectivity index (χ1) is 24.7. The summed E-state index contributed by atoms with van der Waals surface area (Å²) in [5, 5.41) is 14.4. The minimum absolute atomic E-state index is 0.236. The summed E-state index contributed by atoms with van der Waals surface area (Å²) in [5.74, 6) is -0.958. The predicted octanol–water partition coefficient (Wildman–Crippen LogP) is 7.84. The molecule has 0 radical (unpaired) electrons. The van der Waals surface area contributed by atoms with Gasteiger partial charge in [0.05, 0.1) is 40.2 Å². The summed E-state index contributed by atoms with van der Waals surface area (Å²) >= 11 is 14.0. The van der Waals surface area contributed by atoms with Crippen molar-refractivity contribution < 1.29 is 19.0 Å². The highest BCUT2D eigenvalue weighted by molar-refractivity contribution is 6.37. The number of hydrogen-bond acceptors (Lipinski definition) is 8. The zero-order chi connectivity index (χ0) is 36.1. The van der Waals surface area contributed by atoms with Crippen molar-refractivity contribution in [1.82, 2.24) is 25.2 Å². The Bertz CT molecular complexity index is 2090. The second-order valence-electron chi connectivity index (χ2n) is 12.9. The molecule has 6 rings (SSSR count). The van der Waals surface area contributed by atoms with E-state index in [1.807, 2.05) is 48.5 Å². The van der Waals surface area contributed by atoms with Crippen molar-refractivity contribution in [2.24, 2.45) is 0 Å². The van der Waals surface area contributed by atoms with Crippen molar-refractivity contribution in [3.8, 4) is 11.1 Å². The number of esters is 1. The average Bonchev–Trinajstić information content (AvgIpc) is 3.13. The van der Waals surface area contributed by atoms with Gasteiger partial charge in [-0.3, -0.25) is 30.0 Å². The Labute approximate surface area is 307 Å². The monoisotopic (exact) mass is 727 g/mol. The molecule has 0 fully saturated rings. The summed E-state index contributed by atoms with van der Waals surface area (Å²) in [6.45, 7) is 8.01. The minimum Gasteiger partial charge on any atom is -0.465 e. The number of ether oxygens (including phenoxy) is 1. The number of pyridine rings is 3. The number of carbonyl (C=O) groups excluding carboxylic acids is 1. The Hall–Kier alpha value is -4.25. The van der Waals surface area contributed by atoms with E-state index in [4.69, 9.17) is 32.9 Å². The number of aliphatic hydroxyl groups excluding tert-OH is 1. The number of aliphatic hydroxyl groups is 1. The molecule has 8 nitrogen and oxygen atoms in total. The number of carbonyl (C=O) groups is 1. The number of halogens is 3. The largest absolute Gasteiger partial charge is 0.465 e. The molecule has 0 amide bonds. The van der Waals surface area contributed by atoms with Crippen LogP contribution in [-0.2, 0) is 35.5 Å². The number of aromatic nitrogens is 3. The van der Waals surface area contributed by atoms with Crippen LogP contribution in [0.25, 0.3) is 33.9 Å². The molecule has 264 valence electrons. The molecule has 0 saturated heterocycles. The lowest BCUT2D eigenvalue weighted by molar-refractivity contribution is -0.146. The molecule has 0 spiro atoms. The summed E-state index contributed by atoms with van der Waals surface area (Å²) in [6.07, 6.45) is 7.92. The Morgan fingerprint density at radius 2 is 1.82 bits per heavy atom. The number of rotatable bonds is 12. The van der Waals surface area contributed by atoms with E-state index in [1.54, 1.807) is 31.6 Å². The number of fused-ring (bicyclic) bond motifs is 2. The summed E-state index contributed by atoms with van der Waals surface area (Å²) in [4.78, 5) is 28.2. The molecule has 51 heavy (non-hydrogen) atoms. The Kier molecular flexibility index (Phi) is 11.7. The number of nitrogens with one attached hydrogen (secondary N) is 1. The highest BCUT2D eigenvalue weighted by atomic mass is 35.5. The van der Waals surface area contributed by atoms with Gasteiger partial charge in [0.1, 0.15) is 11.9 Å². The van der Waals surface area contributed by atoms with Crippen LogP contribution >= 0.6 is 23.2 Å². The molecule has 1 atom stereocenters. The smallest absolute Gasteiger partial charge is 0.325 e. The molecule has 2 aromatic carbocycles. The van der Waals surface area contributed by atoms with E-state index in [1.165, 1.54) is 6.08 Å². The lowest BCUT2D eigenvalue weighted by atomic mass is 9.97. The van der Waals surface area contributed by atoms with Crippen LogP contribution in [0.1, 0.15) is 60.0 Å². The summed E-state index contributed by atoms with van der Waals surface area (Å²) in [5.41, 5.74) is 7.61. The van der Waals surface area contributed by atoms with Crippen LogP contribution in [0.3, 0.4) is 0 Å². The van der Waals surface area contributed by atoms with Crippen molar-refractivity contribution in [3.63, 3.8) is 0 Å². The van der Waals surface area contributed by atoms with Gasteiger partial charge in [-0.1, -0.05) is 59.6 Å². The molecule has 3 aromatic heterocycles. The first-order valence-electron chi connectivity index (χ1n) is 17.1. The highest BCUT2D eigenvalue weighted by Gasteiger charge is 2.21. The second-order valence-corrected chi connectivity index (χ2v) is 13.6. The zero-order valence-corrected chi connectivity index (χ0v) is 30.3. The molecule has 2 N–H and O–H groups in total. The van der Waals surface area contributed by atoms with Gasteiger partial charge in [-0.25, -0.2) is 4.39 Å². The van der Waals surface area contributed by atoms with Crippen LogP contribution in [-0.4, -0.2) is 62.8 Å². The van der Waals surface area contributed by atoms with Gasteiger partial charge in [0.15, 0.2) is 0 Å². The maximum Gasteiger partial charge on any atom is 0.325 e. The van der Waals surface area contributed by atoms with Crippen molar-refractivity contribution in [3.05, 3.63) is 122 Å². The topological polar surface area (TPSA) is 100 Å². The number of hydrogen-bond donors (Lipinski definition) is 2. The lowest BCUT2D eigenvalue weighted by Gasteiger charge is -2.31. The first-order valence-corrected chi connectivity index (χ1v) is 17.8. The summed E-state index contributed by atoms with van der Waals surface area (Å²) < 4.78 is 20.7. The molecule has 0 aliphatic carbocycles. The fourth-order valence-electron chi connectivity index (χ4n) is 6.31. The Morgan fingerprint density at radius 3 is 2.59 bits per heavy atom. The van der Waals surface area contributed by atoms with Crippen molar-refractivity contribution in [2.45, 2.75) is 58.8 Å². The van der Waals surface area contributed by atoms with Gasteiger partial charge in [-0.15, -0.1) is 0 Å². The van der Waals surface area contributed by atoms with Gasteiger partial charge in [0, 0.05) is 67.2 Å². The molecule has 1 aliphatic rings. The third-order valence-corrected chi connectivity index (χ3v) is 10.0. The number of nitrogens with zero attached hydrogens (tertiary/aromatic N) is 4. The van der Waals surface area contributed by atoms with Gasteiger partial charge < -0.3 is 9.84 Å². The second kappa shape index (κ2) is 16.4. The van der Waals surface area contributed by atoms with Crippen LogP contribution in [0, 0.1) is 0 Å². The summed E-state index contributed by atoms with van der Waals surface area (Å²) in [6, 6.07) is 16.5. The Balaban J connectivity index is 1.22. The van der Waals surface area contributed by atoms with Crippen molar-refractivity contribution in [1.29, 1.82) is 0 Å². The molecule has 5 aromatic rings. The van der Waals surface area contributed by atoms with Gasteiger partial charge in [-0.05, 0) is 79.3 Å². The first kappa shape index (κ1) is 36.5. The fraction of sp³-hybridized carbons (Fsp3) is 0.300. The van der Waals surface area contributed by atoms with Crippen molar-refractivity contribution >= 4 is 52.0 Å². The Morgan fingerprint density at radius 1 is 1.04 bits per heavy atom. The third kappa shape index (κ3) is 8.29. The van der Waals surface area contributed by atoms with Gasteiger partial charge in [0.2, 0.25) is 0 Å². The van der Waals surface area contributed by atoms with Crippen LogP contribution in [0.2, 0.25) is 10.0 Å². The SMILES string of the molecule is CCOC(=O)[C@@H](CO)NCc1cnc2c(Cc3cccc(-c4cccc(/C=C(\F)c5cc6c(cn5)CN(C(C)C)CC6)c4Cl)c3Cl)nccc2c1. The van der Waals surface area contributed by atoms with Crippen molar-refractivity contribution in [2.75, 3.05) is 19.8 Å². The van der Waals surface area contributed by atoms with E-state index in [0.29, 0.717) is 45.9 Å². The lowest BCUT2D eigenvalue weighted by Crippen LogP contribution is -2.40. The van der Waals surface area contributed by atoms with Gasteiger partial charge >= 0.3 is 5.97 Å². The average molecular weight is 729 g/mol. The highest BCUT2D eigenvalue weighted by Crippen LogP contribution is 2.39. The number of benzene rings is 2. The molecular weight excluding hydrogens is 688 g/mol. The van der Waals surface area contributed by atoms with Gasteiger partial charge in [0.25, 0.3) is 0 Å². The van der Waals surface area contributed by atoms with Crippen LogP contribution in [0.4, 0.5) is 4.39 Å². The molecule has 0 unspecified atom stereocenters. The minimum atomic E-state index is -0.824. The molecule has 4 heterocycles. The molecule has 0 bridgehead atoms. The third-order valence-electron chi connectivity index (χ3n) is 9.18.